The van der Waals surface area contributed by atoms with E-state index in [1.165, 1.54) is 12.0 Å². The highest BCUT2D eigenvalue weighted by Gasteiger charge is 2.25. The largest absolute Gasteiger partial charge is 0.459 e. The number of furan rings is 1. The smallest absolute Gasteiger partial charge is 0.289 e. The molecule has 0 spiro atoms. The molecule has 1 fully saturated rings. The van der Waals surface area contributed by atoms with Gasteiger partial charge in [-0.3, -0.25) is 9.79 Å². The number of amides is 1. The van der Waals surface area contributed by atoms with Gasteiger partial charge in [-0.15, -0.1) is 24.0 Å². The summed E-state index contributed by atoms with van der Waals surface area (Å²) in [6.07, 6.45) is 1.53. The van der Waals surface area contributed by atoms with Gasteiger partial charge in [0.05, 0.1) is 6.26 Å². The first-order valence-electron chi connectivity index (χ1n) is 9.23. The summed E-state index contributed by atoms with van der Waals surface area (Å²) in [5, 5.41) is 3.42. The van der Waals surface area contributed by atoms with Gasteiger partial charge in [-0.25, -0.2) is 0 Å². The molecule has 152 valence electrons. The van der Waals surface area contributed by atoms with E-state index in [9.17, 15) is 4.79 Å². The molecule has 1 saturated heterocycles. The second-order valence-electron chi connectivity index (χ2n) is 6.49. The quantitative estimate of drug-likeness (QED) is 0.391. The van der Waals surface area contributed by atoms with E-state index in [1.807, 2.05) is 23.1 Å². The van der Waals surface area contributed by atoms with Crippen LogP contribution in [0.2, 0.25) is 0 Å². The van der Waals surface area contributed by atoms with Gasteiger partial charge in [-0.1, -0.05) is 18.2 Å². The molecule has 1 N–H and O–H groups in total. The second kappa shape index (κ2) is 10.9. The van der Waals surface area contributed by atoms with E-state index in [1.54, 1.807) is 19.2 Å². The summed E-state index contributed by atoms with van der Waals surface area (Å²) in [5.41, 5.74) is 1.19. The summed E-state index contributed by atoms with van der Waals surface area (Å²) >= 11 is 0. The highest BCUT2D eigenvalue weighted by molar-refractivity contribution is 14.0. The number of carbonyl (C=O) groups is 1. The molecule has 1 aliphatic rings. The highest BCUT2D eigenvalue weighted by atomic mass is 127. The van der Waals surface area contributed by atoms with Crippen molar-refractivity contribution in [2.75, 3.05) is 58.3 Å². The van der Waals surface area contributed by atoms with Gasteiger partial charge in [0.1, 0.15) is 0 Å². The van der Waals surface area contributed by atoms with Crippen LogP contribution in [0.5, 0.6) is 0 Å². The monoisotopic (exact) mass is 497 g/mol. The van der Waals surface area contributed by atoms with Crippen molar-refractivity contribution < 1.29 is 9.21 Å². The van der Waals surface area contributed by atoms with Gasteiger partial charge in [-0.2, -0.15) is 0 Å². The first-order chi connectivity index (χ1) is 13.2. The lowest BCUT2D eigenvalue weighted by Gasteiger charge is -2.36. The Kier molecular flexibility index (Phi) is 8.62. The standard InChI is InChI=1S/C20H27N5O2.HI/c1-21-20(22-10-11-23(2)17-7-4-3-5-8-17)25-14-12-24(13-15-25)19(26)18-9-6-16-27-18;/h3-9,16H,10-15H2,1-2H3,(H,21,22);1H. The maximum absolute atomic E-state index is 12.4. The number of guanidine groups is 1. The Labute approximate surface area is 183 Å². The van der Waals surface area contributed by atoms with Crippen molar-refractivity contribution in [2.24, 2.45) is 4.99 Å². The van der Waals surface area contributed by atoms with Crippen LogP contribution in [0.4, 0.5) is 5.69 Å². The normalized spacial score (nSPS) is 14.4. The van der Waals surface area contributed by atoms with Crippen LogP contribution >= 0.6 is 24.0 Å². The molecule has 0 radical (unpaired) electrons. The molecule has 2 aromatic rings. The number of para-hydroxylation sites is 1. The minimum Gasteiger partial charge on any atom is -0.459 e. The minimum absolute atomic E-state index is 0. The van der Waals surface area contributed by atoms with Crippen LogP contribution in [0.1, 0.15) is 10.6 Å². The molecule has 1 aromatic heterocycles. The fourth-order valence-corrected chi connectivity index (χ4v) is 3.16. The molecule has 2 heterocycles. The molecule has 0 atom stereocenters. The first-order valence-corrected chi connectivity index (χ1v) is 9.23. The predicted octanol–water partition coefficient (Wildman–Crippen LogP) is 2.37. The van der Waals surface area contributed by atoms with E-state index in [2.05, 4.69) is 39.3 Å². The number of rotatable bonds is 5. The summed E-state index contributed by atoms with van der Waals surface area (Å²) in [7, 11) is 3.88. The van der Waals surface area contributed by atoms with Gasteiger partial charge in [-0.05, 0) is 24.3 Å². The number of carbonyl (C=O) groups excluding carboxylic acids is 1. The Morgan fingerprint density at radius 1 is 1.11 bits per heavy atom. The lowest BCUT2D eigenvalue weighted by Crippen LogP contribution is -2.54. The molecule has 0 aliphatic carbocycles. The van der Waals surface area contributed by atoms with Gasteiger partial charge in [0.15, 0.2) is 11.7 Å². The molecule has 0 unspecified atom stereocenters. The zero-order chi connectivity index (χ0) is 19.1. The maximum atomic E-state index is 12.4. The van der Waals surface area contributed by atoms with Gasteiger partial charge >= 0.3 is 0 Å². The van der Waals surface area contributed by atoms with Crippen molar-refractivity contribution >= 4 is 41.5 Å². The lowest BCUT2D eigenvalue weighted by molar-refractivity contribution is 0.0658. The fourth-order valence-electron chi connectivity index (χ4n) is 3.16. The molecule has 8 heteroatoms. The number of halogens is 1. The molecule has 1 amide bonds. The van der Waals surface area contributed by atoms with Crippen molar-refractivity contribution in [3.05, 3.63) is 54.5 Å². The number of hydrogen-bond acceptors (Lipinski definition) is 4. The predicted molar refractivity (Wildman–Crippen MR) is 123 cm³/mol. The number of hydrogen-bond donors (Lipinski definition) is 1. The average molecular weight is 497 g/mol. The molecule has 1 aliphatic heterocycles. The third-order valence-electron chi connectivity index (χ3n) is 4.74. The summed E-state index contributed by atoms with van der Waals surface area (Å²) in [5.74, 6) is 1.23. The Morgan fingerprint density at radius 2 is 1.79 bits per heavy atom. The Morgan fingerprint density at radius 3 is 2.39 bits per heavy atom. The molecule has 0 saturated carbocycles. The molecular formula is C20H28IN5O2. The van der Waals surface area contributed by atoms with Gasteiger partial charge in [0.25, 0.3) is 5.91 Å². The van der Waals surface area contributed by atoms with Gasteiger partial charge in [0, 0.05) is 59.1 Å². The number of piperazine rings is 1. The van der Waals surface area contributed by atoms with Crippen molar-refractivity contribution in [1.29, 1.82) is 0 Å². The topological polar surface area (TPSA) is 64.3 Å². The molecule has 1 aromatic carbocycles. The van der Waals surface area contributed by atoms with Crippen molar-refractivity contribution in [2.45, 2.75) is 0 Å². The molecule has 3 rings (SSSR count). The Bertz CT molecular complexity index is 743. The SMILES string of the molecule is CN=C(NCCN(C)c1ccccc1)N1CCN(C(=O)c2ccco2)CC1.I. The Balaban J connectivity index is 0.00000280. The number of anilines is 1. The average Bonchev–Trinajstić information content (AvgIpc) is 3.26. The number of nitrogens with one attached hydrogen (secondary N) is 1. The molecular weight excluding hydrogens is 469 g/mol. The van der Waals surface area contributed by atoms with Gasteiger partial charge < -0.3 is 24.4 Å². The van der Waals surface area contributed by atoms with Crippen LogP contribution in [0.25, 0.3) is 0 Å². The number of nitrogens with zero attached hydrogens (tertiary/aromatic N) is 4. The van der Waals surface area contributed by atoms with Crippen LogP contribution in [-0.4, -0.2) is 75.0 Å². The molecule has 0 bridgehead atoms. The van der Waals surface area contributed by atoms with E-state index in [-0.39, 0.29) is 29.9 Å². The Hall–Kier alpha value is -2.23. The first kappa shape index (κ1) is 22.1. The summed E-state index contributed by atoms with van der Waals surface area (Å²) in [6, 6.07) is 13.8. The zero-order valence-electron chi connectivity index (χ0n) is 16.4. The van der Waals surface area contributed by atoms with Crippen LogP contribution in [0.3, 0.4) is 0 Å². The van der Waals surface area contributed by atoms with E-state index < -0.39 is 0 Å². The third kappa shape index (κ3) is 5.63. The maximum Gasteiger partial charge on any atom is 0.289 e. The van der Waals surface area contributed by atoms with E-state index >= 15 is 0 Å². The minimum atomic E-state index is -0.0490. The summed E-state index contributed by atoms with van der Waals surface area (Å²) in [4.78, 5) is 23.0. The second-order valence-corrected chi connectivity index (χ2v) is 6.49. The van der Waals surface area contributed by atoms with Crippen LogP contribution in [-0.2, 0) is 0 Å². The van der Waals surface area contributed by atoms with Crippen molar-refractivity contribution in [3.8, 4) is 0 Å². The lowest BCUT2D eigenvalue weighted by atomic mass is 10.3. The number of benzene rings is 1. The van der Waals surface area contributed by atoms with Crippen LogP contribution in [0, 0.1) is 0 Å². The summed E-state index contributed by atoms with van der Waals surface area (Å²) in [6.45, 7) is 4.49. The molecule has 7 nitrogen and oxygen atoms in total. The van der Waals surface area contributed by atoms with E-state index in [0.717, 1.165) is 32.1 Å². The molecule has 28 heavy (non-hydrogen) atoms. The third-order valence-corrected chi connectivity index (χ3v) is 4.74. The van der Waals surface area contributed by atoms with Crippen LogP contribution in [0.15, 0.2) is 58.1 Å². The number of likely N-dealkylation sites (N-methyl/N-ethyl adjacent to an activating group) is 1. The van der Waals surface area contributed by atoms with E-state index in [4.69, 9.17) is 4.42 Å². The van der Waals surface area contributed by atoms with E-state index in [0.29, 0.717) is 18.8 Å². The summed E-state index contributed by atoms with van der Waals surface area (Å²) < 4.78 is 5.21. The zero-order valence-corrected chi connectivity index (χ0v) is 18.7. The van der Waals surface area contributed by atoms with Gasteiger partial charge in [0.2, 0.25) is 0 Å². The van der Waals surface area contributed by atoms with Crippen molar-refractivity contribution in [3.63, 3.8) is 0 Å². The van der Waals surface area contributed by atoms with Crippen LogP contribution < -0.4 is 10.2 Å². The highest BCUT2D eigenvalue weighted by Crippen LogP contribution is 2.11. The fraction of sp³-hybridized carbons (Fsp3) is 0.400. The van der Waals surface area contributed by atoms with Crippen molar-refractivity contribution in [1.82, 2.24) is 15.1 Å². The number of aliphatic imine (C=N–C) groups is 1.